The molecule has 0 atom stereocenters. The Morgan fingerprint density at radius 3 is 2.08 bits per heavy atom. The summed E-state index contributed by atoms with van der Waals surface area (Å²) in [5.41, 5.74) is 2.76. The molecule has 0 bridgehead atoms. The van der Waals surface area contributed by atoms with Crippen LogP contribution in [0.5, 0.6) is 0 Å². The van der Waals surface area contributed by atoms with E-state index in [0.717, 1.165) is 0 Å². The summed E-state index contributed by atoms with van der Waals surface area (Å²) < 4.78 is 60.8. The molecule has 1 aromatic carbocycles. The Hall–Kier alpha value is -1.33. The summed E-state index contributed by atoms with van der Waals surface area (Å²) in [5.74, 6) is -3.53. The van der Waals surface area contributed by atoms with Crippen LogP contribution in [0.3, 0.4) is 0 Å². The van der Waals surface area contributed by atoms with Crippen molar-refractivity contribution in [3.63, 3.8) is 0 Å². The Bertz CT molecular complexity index is 330. The lowest BCUT2D eigenvalue weighted by Gasteiger charge is -2.08. The average Bonchev–Trinajstić information content (AvgIpc) is 1.94. The molecule has 1 rings (SSSR count). The van der Waals surface area contributed by atoms with Crippen LogP contribution < -0.4 is 5.73 Å². The molecule has 0 aliphatic rings. The minimum atomic E-state index is -4.93. The van der Waals surface area contributed by atoms with Gasteiger partial charge in [-0.25, -0.2) is 8.78 Å². The normalized spacial score (nSPS) is 11.8. The fourth-order valence-corrected chi connectivity index (χ4v) is 0.816. The standard InChI is InChI=1S/C7H4F5N/c8-5-2-3(13)1-4(6(5)9)7(10,11)12/h1-2H,13H2. The molecule has 0 aliphatic carbocycles. The van der Waals surface area contributed by atoms with Gasteiger partial charge in [0.2, 0.25) is 0 Å². The van der Waals surface area contributed by atoms with Gasteiger partial charge in [0.1, 0.15) is 0 Å². The zero-order valence-corrected chi connectivity index (χ0v) is 6.12. The minimum absolute atomic E-state index is 0.346. The van der Waals surface area contributed by atoms with E-state index in [1.54, 1.807) is 0 Å². The van der Waals surface area contributed by atoms with Crippen molar-refractivity contribution >= 4 is 5.69 Å². The third kappa shape index (κ3) is 1.88. The van der Waals surface area contributed by atoms with Crippen LogP contribution in [0.25, 0.3) is 0 Å². The fraction of sp³-hybridized carbons (Fsp3) is 0.143. The van der Waals surface area contributed by atoms with E-state index in [1.165, 1.54) is 0 Å². The summed E-state index contributed by atoms with van der Waals surface area (Å²) in [5, 5.41) is 0. The van der Waals surface area contributed by atoms with Gasteiger partial charge in [-0.15, -0.1) is 0 Å². The van der Waals surface area contributed by atoms with Crippen molar-refractivity contribution in [2.24, 2.45) is 0 Å². The number of nitrogens with two attached hydrogens (primary N) is 1. The van der Waals surface area contributed by atoms with Crippen LogP contribution in [0.4, 0.5) is 27.6 Å². The fourth-order valence-electron chi connectivity index (χ4n) is 0.816. The third-order valence-corrected chi connectivity index (χ3v) is 1.36. The molecule has 13 heavy (non-hydrogen) atoms. The summed E-state index contributed by atoms with van der Waals surface area (Å²) >= 11 is 0. The van der Waals surface area contributed by atoms with Gasteiger partial charge in [0.05, 0.1) is 5.56 Å². The molecule has 72 valence electrons. The predicted molar refractivity (Wildman–Crippen MR) is 35.8 cm³/mol. The maximum atomic E-state index is 12.5. The molecule has 6 heteroatoms. The lowest BCUT2D eigenvalue weighted by atomic mass is 10.2. The highest BCUT2D eigenvalue weighted by atomic mass is 19.4. The molecule has 0 heterocycles. The van der Waals surface area contributed by atoms with Crippen molar-refractivity contribution in [1.82, 2.24) is 0 Å². The van der Waals surface area contributed by atoms with Gasteiger partial charge in [0.25, 0.3) is 0 Å². The molecule has 0 fully saturated rings. The molecule has 0 saturated heterocycles. The van der Waals surface area contributed by atoms with Crippen LogP contribution in [-0.4, -0.2) is 0 Å². The first kappa shape index (κ1) is 9.76. The van der Waals surface area contributed by atoms with Crippen LogP contribution in [0, 0.1) is 11.6 Å². The summed E-state index contributed by atoms with van der Waals surface area (Å²) in [4.78, 5) is 0. The zero-order valence-electron chi connectivity index (χ0n) is 6.12. The summed E-state index contributed by atoms with van der Waals surface area (Å²) in [6, 6.07) is 0.836. The Balaban J connectivity index is 3.37. The molecule has 0 radical (unpaired) electrons. The number of rotatable bonds is 0. The van der Waals surface area contributed by atoms with Crippen molar-refractivity contribution in [3.05, 3.63) is 29.3 Å². The van der Waals surface area contributed by atoms with Gasteiger partial charge in [-0.1, -0.05) is 0 Å². The van der Waals surface area contributed by atoms with Gasteiger partial charge < -0.3 is 5.73 Å². The molecule has 0 aromatic heterocycles. The van der Waals surface area contributed by atoms with E-state index in [-0.39, 0.29) is 0 Å². The molecule has 1 aromatic rings. The quantitative estimate of drug-likeness (QED) is 0.502. The van der Waals surface area contributed by atoms with Crippen LogP contribution >= 0.6 is 0 Å². The minimum Gasteiger partial charge on any atom is -0.399 e. The van der Waals surface area contributed by atoms with Crippen molar-refractivity contribution in [1.29, 1.82) is 0 Å². The van der Waals surface area contributed by atoms with Crippen LogP contribution in [0.2, 0.25) is 0 Å². The highest BCUT2D eigenvalue weighted by molar-refractivity contribution is 5.43. The van der Waals surface area contributed by atoms with E-state index in [1.807, 2.05) is 0 Å². The van der Waals surface area contributed by atoms with E-state index < -0.39 is 29.1 Å². The Kier molecular flexibility index (Phi) is 2.15. The third-order valence-electron chi connectivity index (χ3n) is 1.36. The van der Waals surface area contributed by atoms with Gasteiger partial charge in [-0.05, 0) is 12.1 Å². The largest absolute Gasteiger partial charge is 0.419 e. The van der Waals surface area contributed by atoms with Crippen molar-refractivity contribution < 1.29 is 22.0 Å². The topological polar surface area (TPSA) is 26.0 Å². The number of hydrogen-bond donors (Lipinski definition) is 1. The molecular weight excluding hydrogens is 193 g/mol. The number of nitrogen functional groups attached to an aromatic ring is 1. The number of alkyl halides is 3. The number of hydrogen-bond acceptors (Lipinski definition) is 1. The van der Waals surface area contributed by atoms with Gasteiger partial charge in [-0.2, -0.15) is 13.2 Å². The maximum Gasteiger partial charge on any atom is 0.419 e. The van der Waals surface area contributed by atoms with Gasteiger partial charge >= 0.3 is 6.18 Å². The Morgan fingerprint density at radius 1 is 1.08 bits per heavy atom. The van der Waals surface area contributed by atoms with E-state index >= 15 is 0 Å². The number of halogens is 5. The predicted octanol–water partition coefficient (Wildman–Crippen LogP) is 2.57. The highest BCUT2D eigenvalue weighted by Crippen LogP contribution is 2.33. The molecular formula is C7H4F5N. The zero-order chi connectivity index (χ0) is 10.2. The first-order valence-electron chi connectivity index (χ1n) is 3.14. The maximum absolute atomic E-state index is 12.5. The van der Waals surface area contributed by atoms with Crippen LogP contribution in [0.15, 0.2) is 12.1 Å². The molecule has 0 spiro atoms. The van der Waals surface area contributed by atoms with E-state index in [4.69, 9.17) is 5.73 Å². The van der Waals surface area contributed by atoms with Crippen LogP contribution in [0.1, 0.15) is 5.56 Å². The lowest BCUT2D eigenvalue weighted by molar-refractivity contribution is -0.140. The van der Waals surface area contributed by atoms with E-state index in [2.05, 4.69) is 0 Å². The van der Waals surface area contributed by atoms with Crippen molar-refractivity contribution in [2.45, 2.75) is 6.18 Å². The second kappa shape index (κ2) is 2.86. The second-order valence-corrected chi connectivity index (χ2v) is 2.36. The second-order valence-electron chi connectivity index (χ2n) is 2.36. The number of anilines is 1. The SMILES string of the molecule is Nc1cc(F)c(F)c(C(F)(F)F)c1. The van der Waals surface area contributed by atoms with Gasteiger partial charge in [0, 0.05) is 5.69 Å². The molecule has 0 aliphatic heterocycles. The molecule has 0 amide bonds. The van der Waals surface area contributed by atoms with Crippen molar-refractivity contribution in [3.8, 4) is 0 Å². The van der Waals surface area contributed by atoms with Crippen molar-refractivity contribution in [2.75, 3.05) is 5.73 Å². The van der Waals surface area contributed by atoms with E-state index in [9.17, 15) is 22.0 Å². The average molecular weight is 197 g/mol. The highest BCUT2D eigenvalue weighted by Gasteiger charge is 2.35. The molecule has 0 unspecified atom stereocenters. The first-order valence-corrected chi connectivity index (χ1v) is 3.14. The molecule has 1 nitrogen and oxygen atoms in total. The molecule has 0 saturated carbocycles. The summed E-state index contributed by atoms with van der Waals surface area (Å²) in [7, 11) is 0. The summed E-state index contributed by atoms with van der Waals surface area (Å²) in [6.07, 6.45) is -4.93. The van der Waals surface area contributed by atoms with Gasteiger partial charge in [-0.3, -0.25) is 0 Å². The Morgan fingerprint density at radius 2 is 1.62 bits per heavy atom. The van der Waals surface area contributed by atoms with Gasteiger partial charge in [0.15, 0.2) is 11.6 Å². The number of benzene rings is 1. The lowest BCUT2D eigenvalue weighted by Crippen LogP contribution is -2.10. The Labute approximate surface area is 70.0 Å². The summed E-state index contributed by atoms with van der Waals surface area (Å²) in [6.45, 7) is 0. The smallest absolute Gasteiger partial charge is 0.399 e. The molecule has 2 N–H and O–H groups in total. The monoisotopic (exact) mass is 197 g/mol. The van der Waals surface area contributed by atoms with E-state index in [0.29, 0.717) is 12.1 Å². The first-order chi connectivity index (χ1) is 5.82. The van der Waals surface area contributed by atoms with Crippen LogP contribution in [-0.2, 0) is 6.18 Å².